The zero-order chi connectivity index (χ0) is 13.9. The molecule has 0 atom stereocenters. The highest BCUT2D eigenvalue weighted by molar-refractivity contribution is 7.98. The largest absolute Gasteiger partial charge is 0.395 e. The monoisotopic (exact) mass is 282 g/mol. The van der Waals surface area contributed by atoms with E-state index in [9.17, 15) is 4.39 Å². The molecule has 1 rings (SSSR count). The Balaban J connectivity index is 2.52. The van der Waals surface area contributed by atoms with E-state index in [4.69, 9.17) is 9.84 Å². The molecule has 0 bridgehead atoms. The minimum Gasteiger partial charge on any atom is -0.395 e. The fraction of sp³-hybridized carbons (Fsp3) is 0.467. The van der Waals surface area contributed by atoms with Crippen LogP contribution in [0.4, 0.5) is 4.39 Å². The minimum absolute atomic E-state index is 0.0323. The van der Waals surface area contributed by atoms with Gasteiger partial charge in [-0.1, -0.05) is 11.8 Å². The quantitative estimate of drug-likeness (QED) is 0.616. The summed E-state index contributed by atoms with van der Waals surface area (Å²) in [5.41, 5.74) is 1.61. The second-order valence-corrected chi connectivity index (χ2v) is 5.13. The number of thioether (sulfide) groups is 1. The summed E-state index contributed by atoms with van der Waals surface area (Å²) in [6.07, 6.45) is 1.41. The maximum absolute atomic E-state index is 13.4. The van der Waals surface area contributed by atoms with Crippen LogP contribution in [0.5, 0.6) is 0 Å². The number of aliphatic hydroxyl groups excluding tert-OH is 1. The smallest absolute Gasteiger partial charge is 0.124 e. The molecule has 4 heteroatoms. The molecule has 2 nitrogen and oxygen atoms in total. The normalized spacial score (nSPS) is 10.1. The summed E-state index contributed by atoms with van der Waals surface area (Å²) < 4.78 is 18.4. The number of ether oxygens (including phenoxy) is 1. The first-order chi connectivity index (χ1) is 9.26. The molecule has 0 radical (unpaired) electrons. The molecule has 0 heterocycles. The van der Waals surface area contributed by atoms with Crippen LogP contribution in [0.1, 0.15) is 24.0 Å². The molecule has 0 aromatic heterocycles. The van der Waals surface area contributed by atoms with Crippen LogP contribution in [0.2, 0.25) is 0 Å². The zero-order valence-electron chi connectivity index (χ0n) is 11.1. The lowest BCUT2D eigenvalue weighted by Crippen LogP contribution is -1.92. The molecule has 0 saturated carbocycles. The molecule has 104 valence electrons. The Bertz CT molecular complexity index is 438. The third-order valence-electron chi connectivity index (χ3n) is 2.33. The molecule has 0 saturated heterocycles. The highest BCUT2D eigenvalue weighted by Gasteiger charge is 2.00. The van der Waals surface area contributed by atoms with Crippen molar-refractivity contribution in [3.63, 3.8) is 0 Å². The standard InChI is InChI=1S/C15H19FO2S/c1-18-7-4-8-19-12-14-9-13(5-2-3-6-17)10-15(16)11-14/h9-11,17H,3-4,6-8,12H2,1H3. The lowest BCUT2D eigenvalue weighted by Gasteiger charge is -2.03. The zero-order valence-corrected chi connectivity index (χ0v) is 11.9. The number of benzene rings is 1. The number of halogens is 1. The molecule has 0 unspecified atom stereocenters. The highest BCUT2D eigenvalue weighted by Crippen LogP contribution is 2.16. The lowest BCUT2D eigenvalue weighted by molar-refractivity contribution is 0.200. The highest BCUT2D eigenvalue weighted by atomic mass is 32.2. The molecule has 1 N–H and O–H groups in total. The molecule has 19 heavy (non-hydrogen) atoms. The molecule has 0 amide bonds. The van der Waals surface area contributed by atoms with E-state index in [2.05, 4.69) is 11.8 Å². The van der Waals surface area contributed by atoms with Crippen molar-refractivity contribution in [1.82, 2.24) is 0 Å². The van der Waals surface area contributed by atoms with Gasteiger partial charge < -0.3 is 9.84 Å². The number of methoxy groups -OCH3 is 1. The topological polar surface area (TPSA) is 29.5 Å². The fourth-order valence-electron chi connectivity index (χ4n) is 1.52. The summed E-state index contributed by atoms with van der Waals surface area (Å²) in [4.78, 5) is 0. The van der Waals surface area contributed by atoms with E-state index >= 15 is 0 Å². The first kappa shape index (κ1) is 16.0. The van der Waals surface area contributed by atoms with Gasteiger partial charge in [-0.3, -0.25) is 0 Å². The number of aliphatic hydroxyl groups is 1. The van der Waals surface area contributed by atoms with Crippen LogP contribution in [-0.4, -0.2) is 31.2 Å². The van der Waals surface area contributed by atoms with Crippen molar-refractivity contribution in [1.29, 1.82) is 0 Å². The summed E-state index contributed by atoms with van der Waals surface area (Å²) in [7, 11) is 1.69. The van der Waals surface area contributed by atoms with Gasteiger partial charge >= 0.3 is 0 Å². The number of rotatable bonds is 7. The van der Waals surface area contributed by atoms with E-state index in [1.807, 2.05) is 6.07 Å². The Morgan fingerprint density at radius 1 is 1.37 bits per heavy atom. The average molecular weight is 282 g/mol. The van der Waals surface area contributed by atoms with E-state index in [0.29, 0.717) is 12.0 Å². The molecule has 1 aromatic carbocycles. The van der Waals surface area contributed by atoms with Crippen molar-refractivity contribution in [2.75, 3.05) is 26.1 Å². The maximum atomic E-state index is 13.4. The van der Waals surface area contributed by atoms with Crippen molar-refractivity contribution in [3.05, 3.63) is 35.1 Å². The lowest BCUT2D eigenvalue weighted by atomic mass is 10.1. The van der Waals surface area contributed by atoms with Crippen LogP contribution in [0.3, 0.4) is 0 Å². The van der Waals surface area contributed by atoms with Crippen LogP contribution in [0, 0.1) is 17.7 Å². The predicted octanol–water partition coefficient (Wildman–Crippen LogP) is 2.83. The SMILES string of the molecule is COCCCSCc1cc(F)cc(C#CCCO)c1. The van der Waals surface area contributed by atoms with E-state index < -0.39 is 0 Å². The number of hydrogen-bond donors (Lipinski definition) is 1. The Hall–Kier alpha value is -1.02. The van der Waals surface area contributed by atoms with E-state index in [1.165, 1.54) is 6.07 Å². The van der Waals surface area contributed by atoms with Crippen LogP contribution in [0.15, 0.2) is 18.2 Å². The van der Waals surface area contributed by atoms with Crippen LogP contribution in [-0.2, 0) is 10.5 Å². The molecule has 0 aliphatic heterocycles. The summed E-state index contributed by atoms with van der Waals surface area (Å²) in [5.74, 6) is 7.17. The van der Waals surface area contributed by atoms with E-state index in [1.54, 1.807) is 24.9 Å². The summed E-state index contributed by atoms with van der Waals surface area (Å²) in [6, 6.07) is 4.86. The molecule has 0 aliphatic carbocycles. The van der Waals surface area contributed by atoms with Crippen LogP contribution >= 0.6 is 11.8 Å². The van der Waals surface area contributed by atoms with Crippen molar-refractivity contribution in [2.45, 2.75) is 18.6 Å². The van der Waals surface area contributed by atoms with Gasteiger partial charge in [0.1, 0.15) is 5.82 Å². The first-order valence-corrected chi connectivity index (χ1v) is 7.37. The molecule has 1 aromatic rings. The van der Waals surface area contributed by atoms with Gasteiger partial charge in [0.2, 0.25) is 0 Å². The predicted molar refractivity (Wildman–Crippen MR) is 77.6 cm³/mol. The van der Waals surface area contributed by atoms with Crippen molar-refractivity contribution in [3.8, 4) is 11.8 Å². The first-order valence-electron chi connectivity index (χ1n) is 6.22. The van der Waals surface area contributed by atoms with Gasteiger partial charge in [0, 0.05) is 31.5 Å². The molecule has 0 fully saturated rings. The molecule has 0 aliphatic rings. The van der Waals surface area contributed by atoms with Crippen LogP contribution in [0.25, 0.3) is 0 Å². The Labute approximate surface area is 118 Å². The van der Waals surface area contributed by atoms with Gasteiger partial charge in [-0.25, -0.2) is 4.39 Å². The van der Waals surface area contributed by atoms with Gasteiger partial charge in [-0.05, 0) is 35.9 Å². The second kappa shape index (κ2) is 9.85. The van der Waals surface area contributed by atoms with E-state index in [0.717, 1.165) is 30.1 Å². The molecule has 0 spiro atoms. The Kier molecular flexibility index (Phi) is 8.31. The van der Waals surface area contributed by atoms with Crippen molar-refractivity contribution < 1.29 is 14.2 Å². The van der Waals surface area contributed by atoms with Gasteiger partial charge in [0.15, 0.2) is 0 Å². The van der Waals surface area contributed by atoms with Crippen molar-refractivity contribution in [2.24, 2.45) is 0 Å². The van der Waals surface area contributed by atoms with E-state index in [-0.39, 0.29) is 12.4 Å². The Morgan fingerprint density at radius 2 is 2.21 bits per heavy atom. The Morgan fingerprint density at radius 3 is 2.95 bits per heavy atom. The molecular weight excluding hydrogens is 263 g/mol. The fourth-order valence-corrected chi connectivity index (χ4v) is 2.39. The van der Waals surface area contributed by atoms with Gasteiger partial charge in [-0.15, -0.1) is 0 Å². The third kappa shape index (κ3) is 7.22. The second-order valence-electron chi connectivity index (χ2n) is 4.02. The summed E-state index contributed by atoms with van der Waals surface area (Å²) in [5, 5.41) is 8.65. The van der Waals surface area contributed by atoms with Gasteiger partial charge in [-0.2, -0.15) is 11.8 Å². The third-order valence-corrected chi connectivity index (χ3v) is 3.45. The summed E-state index contributed by atoms with van der Waals surface area (Å²) in [6.45, 7) is 0.790. The minimum atomic E-state index is -0.261. The summed E-state index contributed by atoms with van der Waals surface area (Å²) >= 11 is 1.76. The van der Waals surface area contributed by atoms with Gasteiger partial charge in [0.05, 0.1) is 6.61 Å². The maximum Gasteiger partial charge on any atom is 0.124 e. The molecular formula is C15H19FO2S. The van der Waals surface area contributed by atoms with Gasteiger partial charge in [0.25, 0.3) is 0 Å². The average Bonchev–Trinajstić information content (AvgIpc) is 2.38. The van der Waals surface area contributed by atoms with Crippen molar-refractivity contribution >= 4 is 11.8 Å². The number of hydrogen-bond acceptors (Lipinski definition) is 3. The van der Waals surface area contributed by atoms with Crippen LogP contribution < -0.4 is 0 Å².